The van der Waals surface area contributed by atoms with E-state index >= 15 is 0 Å². The Bertz CT molecular complexity index is 619. The van der Waals surface area contributed by atoms with Crippen molar-refractivity contribution in [2.75, 3.05) is 0 Å². The van der Waals surface area contributed by atoms with E-state index in [4.69, 9.17) is 9.31 Å². The molecule has 1 aromatic heterocycles. The molecule has 5 heteroatoms. The van der Waals surface area contributed by atoms with E-state index in [0.717, 1.165) is 11.2 Å². The Labute approximate surface area is 118 Å². The highest BCUT2D eigenvalue weighted by atomic mass is 32.1. The summed E-state index contributed by atoms with van der Waals surface area (Å²) < 4.78 is 17.7. The molecule has 1 aromatic carbocycles. The normalized spacial score (nSPS) is 21.2. The van der Waals surface area contributed by atoms with Crippen molar-refractivity contribution in [3.8, 4) is 0 Å². The predicted octanol–water partition coefficient (Wildman–Crippen LogP) is 2.90. The van der Waals surface area contributed by atoms with E-state index in [9.17, 15) is 0 Å². The number of nitrogens with zero attached hydrogens (tertiary/aromatic N) is 1. The van der Waals surface area contributed by atoms with Crippen LogP contribution >= 0.6 is 11.5 Å². The largest absolute Gasteiger partial charge is 0.494 e. The van der Waals surface area contributed by atoms with Gasteiger partial charge < -0.3 is 9.31 Å². The van der Waals surface area contributed by atoms with Crippen LogP contribution in [0.4, 0.5) is 0 Å². The third kappa shape index (κ3) is 2.00. The van der Waals surface area contributed by atoms with E-state index < -0.39 is 0 Å². The van der Waals surface area contributed by atoms with Gasteiger partial charge in [0.1, 0.15) is 0 Å². The number of aromatic nitrogens is 1. The Morgan fingerprint density at radius 1 is 1.11 bits per heavy atom. The van der Waals surface area contributed by atoms with E-state index in [1.165, 1.54) is 21.6 Å². The first-order chi connectivity index (χ1) is 8.80. The number of rotatable bonds is 1. The Balaban J connectivity index is 1.98. The molecule has 2 heterocycles. The second kappa shape index (κ2) is 4.04. The molecule has 0 N–H and O–H groups in total. The second-order valence-corrected chi connectivity index (χ2v) is 6.92. The van der Waals surface area contributed by atoms with Crippen LogP contribution in [0.15, 0.2) is 18.2 Å². The summed E-state index contributed by atoms with van der Waals surface area (Å²) in [7, 11) is -0.295. The third-order valence-corrected chi connectivity index (χ3v) is 5.10. The Hall–Kier alpha value is -0.905. The molecule has 0 aliphatic carbocycles. The van der Waals surface area contributed by atoms with E-state index in [0.29, 0.717) is 0 Å². The van der Waals surface area contributed by atoms with Gasteiger partial charge in [-0.3, -0.25) is 0 Å². The van der Waals surface area contributed by atoms with Gasteiger partial charge >= 0.3 is 7.12 Å². The molecule has 0 unspecified atom stereocenters. The van der Waals surface area contributed by atoms with Crippen molar-refractivity contribution in [1.29, 1.82) is 0 Å². The van der Waals surface area contributed by atoms with Crippen LogP contribution in [-0.4, -0.2) is 22.7 Å². The molecular formula is C14H18BNO2S. The van der Waals surface area contributed by atoms with E-state index in [1.807, 2.05) is 6.92 Å². The monoisotopic (exact) mass is 275 g/mol. The van der Waals surface area contributed by atoms with E-state index in [2.05, 4.69) is 50.3 Å². The lowest BCUT2D eigenvalue weighted by atomic mass is 9.79. The smallest absolute Gasteiger partial charge is 0.399 e. The zero-order chi connectivity index (χ0) is 13.8. The molecule has 0 radical (unpaired) electrons. The van der Waals surface area contributed by atoms with Gasteiger partial charge in [0.25, 0.3) is 0 Å². The molecule has 0 spiro atoms. The predicted molar refractivity (Wildman–Crippen MR) is 80.1 cm³/mol. The average molecular weight is 275 g/mol. The van der Waals surface area contributed by atoms with Crippen LogP contribution in [0, 0.1) is 6.92 Å². The molecule has 0 saturated carbocycles. The van der Waals surface area contributed by atoms with Gasteiger partial charge in [-0.15, -0.1) is 0 Å². The Morgan fingerprint density at radius 3 is 2.37 bits per heavy atom. The average Bonchev–Trinajstić information content (AvgIpc) is 2.78. The van der Waals surface area contributed by atoms with Gasteiger partial charge in [0.2, 0.25) is 0 Å². The van der Waals surface area contributed by atoms with Crippen molar-refractivity contribution in [2.45, 2.75) is 45.8 Å². The summed E-state index contributed by atoms with van der Waals surface area (Å²) in [6.07, 6.45) is 0. The van der Waals surface area contributed by atoms with Crippen molar-refractivity contribution in [3.63, 3.8) is 0 Å². The summed E-state index contributed by atoms with van der Waals surface area (Å²) in [5.41, 5.74) is 1.56. The van der Waals surface area contributed by atoms with Gasteiger partial charge in [0.05, 0.1) is 21.6 Å². The first kappa shape index (κ1) is 13.1. The lowest BCUT2D eigenvalue weighted by molar-refractivity contribution is 0.00578. The minimum atomic E-state index is -0.295. The summed E-state index contributed by atoms with van der Waals surface area (Å²) in [6, 6.07) is 6.31. The fraction of sp³-hybridized carbons (Fsp3) is 0.500. The molecule has 19 heavy (non-hydrogen) atoms. The topological polar surface area (TPSA) is 31.4 Å². The molecule has 0 amide bonds. The van der Waals surface area contributed by atoms with Crippen molar-refractivity contribution in [2.24, 2.45) is 0 Å². The van der Waals surface area contributed by atoms with Crippen LogP contribution < -0.4 is 5.46 Å². The minimum Gasteiger partial charge on any atom is -0.399 e. The SMILES string of the molecule is Cc1nsc2cc(B3OC(C)(C)C(C)(C)O3)ccc12. The number of aryl methyl sites for hydroxylation is 1. The molecule has 100 valence electrons. The van der Waals surface area contributed by atoms with Crippen molar-refractivity contribution in [3.05, 3.63) is 23.9 Å². The van der Waals surface area contributed by atoms with Gasteiger partial charge in [-0.25, -0.2) is 0 Å². The maximum absolute atomic E-state index is 6.07. The van der Waals surface area contributed by atoms with Gasteiger partial charge in [0.15, 0.2) is 0 Å². The molecular weight excluding hydrogens is 257 g/mol. The van der Waals surface area contributed by atoms with Crippen molar-refractivity contribution in [1.82, 2.24) is 4.37 Å². The zero-order valence-corrected chi connectivity index (χ0v) is 12.8. The van der Waals surface area contributed by atoms with Crippen LogP contribution in [0.3, 0.4) is 0 Å². The number of benzene rings is 1. The van der Waals surface area contributed by atoms with Gasteiger partial charge in [-0.1, -0.05) is 12.1 Å². The minimum absolute atomic E-state index is 0.295. The van der Waals surface area contributed by atoms with Crippen molar-refractivity contribution >= 4 is 34.2 Å². The second-order valence-electron chi connectivity index (χ2n) is 6.11. The zero-order valence-electron chi connectivity index (χ0n) is 12.0. The lowest BCUT2D eigenvalue weighted by Crippen LogP contribution is -2.41. The summed E-state index contributed by atoms with van der Waals surface area (Å²) >= 11 is 1.53. The number of hydrogen-bond donors (Lipinski definition) is 0. The molecule has 1 saturated heterocycles. The van der Waals surface area contributed by atoms with Crippen LogP contribution in [0.2, 0.25) is 0 Å². The molecule has 1 aliphatic heterocycles. The fourth-order valence-electron chi connectivity index (χ4n) is 2.21. The molecule has 3 rings (SSSR count). The van der Waals surface area contributed by atoms with Gasteiger partial charge in [-0.2, -0.15) is 4.37 Å². The number of hydrogen-bond acceptors (Lipinski definition) is 4. The molecule has 0 atom stereocenters. The van der Waals surface area contributed by atoms with E-state index in [-0.39, 0.29) is 18.3 Å². The Morgan fingerprint density at radius 2 is 1.74 bits per heavy atom. The molecule has 2 aromatic rings. The summed E-state index contributed by atoms with van der Waals surface area (Å²) in [5, 5.41) is 1.21. The first-order valence-electron chi connectivity index (χ1n) is 6.52. The molecule has 1 fully saturated rings. The standard InChI is InChI=1S/C14H18BNO2S/c1-9-11-7-6-10(8-12(11)19-16-9)15-17-13(2,3)14(4,5)18-15/h6-8H,1-5H3. The quantitative estimate of drug-likeness (QED) is 0.750. The highest BCUT2D eigenvalue weighted by molar-refractivity contribution is 7.13. The summed E-state index contributed by atoms with van der Waals surface area (Å²) in [4.78, 5) is 0. The Kier molecular flexibility index (Phi) is 2.79. The van der Waals surface area contributed by atoms with E-state index in [1.54, 1.807) is 0 Å². The fourth-order valence-corrected chi connectivity index (χ4v) is 3.04. The lowest BCUT2D eigenvalue weighted by Gasteiger charge is -2.32. The third-order valence-electron chi connectivity index (χ3n) is 4.20. The van der Waals surface area contributed by atoms with Crippen LogP contribution in [0.1, 0.15) is 33.4 Å². The van der Waals surface area contributed by atoms with Crippen molar-refractivity contribution < 1.29 is 9.31 Å². The van der Waals surface area contributed by atoms with Gasteiger partial charge in [0, 0.05) is 5.39 Å². The summed E-state index contributed by atoms with van der Waals surface area (Å²) in [5.74, 6) is 0. The maximum atomic E-state index is 6.07. The highest BCUT2D eigenvalue weighted by Crippen LogP contribution is 2.36. The maximum Gasteiger partial charge on any atom is 0.494 e. The van der Waals surface area contributed by atoms with Gasteiger partial charge in [-0.05, 0) is 57.7 Å². The first-order valence-corrected chi connectivity index (χ1v) is 7.29. The molecule has 1 aliphatic rings. The van der Waals surface area contributed by atoms with Crippen LogP contribution in [-0.2, 0) is 9.31 Å². The van der Waals surface area contributed by atoms with Crippen LogP contribution in [0.25, 0.3) is 10.1 Å². The van der Waals surface area contributed by atoms with Crippen LogP contribution in [0.5, 0.6) is 0 Å². The molecule has 0 bridgehead atoms. The number of fused-ring (bicyclic) bond motifs is 1. The highest BCUT2D eigenvalue weighted by Gasteiger charge is 2.51. The summed E-state index contributed by atoms with van der Waals surface area (Å²) in [6.45, 7) is 10.3. The molecule has 3 nitrogen and oxygen atoms in total.